The highest BCUT2D eigenvalue weighted by Gasteiger charge is 2.43. The zero-order valence-electron chi connectivity index (χ0n) is 15.6. The van der Waals surface area contributed by atoms with Crippen LogP contribution < -0.4 is 10.1 Å². The second kappa shape index (κ2) is 8.56. The number of rotatable bonds is 7. The fourth-order valence-electron chi connectivity index (χ4n) is 3.18. The van der Waals surface area contributed by atoms with Crippen molar-refractivity contribution >= 4 is 33.7 Å². The van der Waals surface area contributed by atoms with Crippen molar-refractivity contribution in [2.45, 2.75) is 19.9 Å². The minimum absolute atomic E-state index is 0.229. The van der Waals surface area contributed by atoms with Gasteiger partial charge >= 0.3 is 0 Å². The van der Waals surface area contributed by atoms with Gasteiger partial charge in [0.1, 0.15) is 18.4 Å². The van der Waals surface area contributed by atoms with Crippen molar-refractivity contribution in [2.75, 3.05) is 13.2 Å². The van der Waals surface area contributed by atoms with Crippen molar-refractivity contribution in [1.29, 1.82) is 0 Å². The molecule has 0 aliphatic carbocycles. The molecule has 0 saturated carbocycles. The number of carbonyl (C=O) groups excluding carboxylic acids is 3. The Morgan fingerprint density at radius 3 is 2.29 bits per heavy atom. The molecule has 28 heavy (non-hydrogen) atoms. The maximum Gasteiger partial charge on any atom is 0.262 e. The van der Waals surface area contributed by atoms with Crippen LogP contribution in [0.4, 0.5) is 0 Å². The topological polar surface area (TPSA) is 75.7 Å². The van der Waals surface area contributed by atoms with Gasteiger partial charge < -0.3 is 10.1 Å². The molecule has 2 aromatic rings. The zero-order valence-corrected chi connectivity index (χ0v) is 17.2. The summed E-state index contributed by atoms with van der Waals surface area (Å²) in [5.74, 6) is -0.778. The number of ether oxygens (including phenoxy) is 1. The van der Waals surface area contributed by atoms with Crippen molar-refractivity contribution in [3.05, 3.63) is 64.1 Å². The summed E-state index contributed by atoms with van der Waals surface area (Å²) in [5, 5.41) is 2.77. The van der Waals surface area contributed by atoms with Crippen LogP contribution in [-0.2, 0) is 4.79 Å². The number of hydrogen-bond acceptors (Lipinski definition) is 4. The lowest BCUT2D eigenvalue weighted by atomic mass is 10.0. The molecule has 0 radical (unpaired) electrons. The second-order valence-electron chi connectivity index (χ2n) is 6.81. The predicted octanol–water partition coefficient (Wildman–Crippen LogP) is 3.26. The van der Waals surface area contributed by atoms with Gasteiger partial charge in [-0.3, -0.25) is 19.3 Å². The first-order valence-corrected chi connectivity index (χ1v) is 9.82. The highest BCUT2D eigenvalue weighted by Crippen LogP contribution is 2.27. The number of nitrogens with one attached hydrogen (secondary N) is 1. The van der Waals surface area contributed by atoms with Crippen LogP contribution >= 0.6 is 15.9 Å². The Kier molecular flexibility index (Phi) is 6.14. The molecule has 7 heteroatoms. The number of fused-ring (bicyclic) bond motifs is 1. The monoisotopic (exact) mass is 444 g/mol. The van der Waals surface area contributed by atoms with Crippen molar-refractivity contribution in [3.8, 4) is 5.75 Å². The van der Waals surface area contributed by atoms with Crippen LogP contribution in [0.25, 0.3) is 0 Å². The Bertz CT molecular complexity index is 878. The van der Waals surface area contributed by atoms with E-state index in [1.165, 1.54) is 0 Å². The standard InChI is InChI=1S/C21H21BrN2O4/c1-13(2)18(24-20(26)16-8-3-4-9-17(16)21(24)27)19(25)23-10-11-28-15-7-5-6-14(22)12-15/h3-9,12-13,18H,10-11H2,1-2H3,(H,23,25). The SMILES string of the molecule is CC(C)C(C(=O)NCCOc1cccc(Br)c1)N1C(=O)c2ccccc2C1=O. The van der Waals surface area contributed by atoms with Crippen LogP contribution in [-0.4, -0.2) is 41.8 Å². The molecule has 0 spiro atoms. The van der Waals surface area contributed by atoms with E-state index < -0.39 is 17.9 Å². The maximum atomic E-state index is 12.8. The van der Waals surface area contributed by atoms with Gasteiger partial charge in [0.25, 0.3) is 11.8 Å². The van der Waals surface area contributed by atoms with Gasteiger partial charge in [0.15, 0.2) is 0 Å². The summed E-state index contributed by atoms with van der Waals surface area (Å²) in [6, 6.07) is 13.2. The lowest BCUT2D eigenvalue weighted by Gasteiger charge is -2.28. The van der Waals surface area contributed by atoms with E-state index in [9.17, 15) is 14.4 Å². The molecule has 0 aromatic heterocycles. The van der Waals surface area contributed by atoms with Crippen molar-refractivity contribution in [2.24, 2.45) is 5.92 Å². The summed E-state index contributed by atoms with van der Waals surface area (Å²) in [6.07, 6.45) is 0. The number of nitrogens with zero attached hydrogens (tertiary/aromatic N) is 1. The van der Waals surface area contributed by atoms with Crippen LogP contribution in [0.2, 0.25) is 0 Å². The van der Waals surface area contributed by atoms with E-state index in [2.05, 4.69) is 21.2 Å². The first-order chi connectivity index (χ1) is 13.4. The molecule has 1 atom stereocenters. The summed E-state index contributed by atoms with van der Waals surface area (Å²) < 4.78 is 6.51. The Morgan fingerprint density at radius 2 is 1.71 bits per heavy atom. The highest BCUT2D eigenvalue weighted by molar-refractivity contribution is 9.10. The normalized spacial score (nSPS) is 14.2. The van der Waals surface area contributed by atoms with Gasteiger partial charge in [0.05, 0.1) is 17.7 Å². The molecule has 6 nitrogen and oxygen atoms in total. The summed E-state index contributed by atoms with van der Waals surface area (Å²) in [5.41, 5.74) is 0.674. The van der Waals surface area contributed by atoms with E-state index in [1.807, 2.05) is 38.1 Å². The number of carbonyl (C=O) groups is 3. The molecule has 2 aromatic carbocycles. The number of imide groups is 1. The Morgan fingerprint density at radius 1 is 1.07 bits per heavy atom. The number of benzene rings is 2. The Hall–Kier alpha value is -2.67. The minimum atomic E-state index is -0.877. The average molecular weight is 445 g/mol. The lowest BCUT2D eigenvalue weighted by Crippen LogP contribution is -2.52. The molecular weight excluding hydrogens is 424 g/mol. The summed E-state index contributed by atoms with van der Waals surface area (Å²) in [4.78, 5) is 39.2. The van der Waals surface area contributed by atoms with Gasteiger partial charge in [-0.15, -0.1) is 0 Å². The summed E-state index contributed by atoms with van der Waals surface area (Å²) >= 11 is 3.37. The smallest absolute Gasteiger partial charge is 0.262 e. The number of amides is 3. The van der Waals surface area contributed by atoms with Crippen LogP contribution in [0.1, 0.15) is 34.6 Å². The third-order valence-electron chi connectivity index (χ3n) is 4.47. The van der Waals surface area contributed by atoms with Gasteiger partial charge in [0, 0.05) is 4.47 Å². The Labute approximate surface area is 172 Å². The third kappa shape index (κ3) is 4.09. The first-order valence-electron chi connectivity index (χ1n) is 9.03. The van der Waals surface area contributed by atoms with Gasteiger partial charge in [-0.25, -0.2) is 0 Å². The van der Waals surface area contributed by atoms with E-state index >= 15 is 0 Å². The molecule has 3 rings (SSSR count). The Balaban J connectivity index is 1.63. The van der Waals surface area contributed by atoms with Crippen LogP contribution in [0.15, 0.2) is 53.0 Å². The molecule has 1 N–H and O–H groups in total. The minimum Gasteiger partial charge on any atom is -0.492 e. The van der Waals surface area contributed by atoms with E-state index in [4.69, 9.17) is 4.74 Å². The number of hydrogen-bond donors (Lipinski definition) is 1. The van der Waals surface area contributed by atoms with Crippen LogP contribution in [0.5, 0.6) is 5.75 Å². The van der Waals surface area contributed by atoms with Gasteiger partial charge in [-0.05, 0) is 36.2 Å². The molecular formula is C21H21BrN2O4. The van der Waals surface area contributed by atoms with Crippen LogP contribution in [0.3, 0.4) is 0 Å². The molecule has 1 aliphatic rings. The average Bonchev–Trinajstić information content (AvgIpc) is 2.91. The van der Waals surface area contributed by atoms with E-state index in [0.717, 1.165) is 9.37 Å². The summed E-state index contributed by atoms with van der Waals surface area (Å²) in [7, 11) is 0. The predicted molar refractivity (Wildman–Crippen MR) is 108 cm³/mol. The van der Waals surface area contributed by atoms with Crippen molar-refractivity contribution in [1.82, 2.24) is 10.2 Å². The van der Waals surface area contributed by atoms with E-state index in [0.29, 0.717) is 16.9 Å². The maximum absolute atomic E-state index is 12.8. The second-order valence-corrected chi connectivity index (χ2v) is 7.73. The fraction of sp³-hybridized carbons (Fsp3) is 0.286. The molecule has 0 bridgehead atoms. The molecule has 1 aliphatic heterocycles. The van der Waals surface area contributed by atoms with E-state index in [1.54, 1.807) is 24.3 Å². The van der Waals surface area contributed by atoms with Gasteiger partial charge in [0.2, 0.25) is 5.91 Å². The zero-order chi connectivity index (χ0) is 20.3. The molecule has 1 heterocycles. The first kappa shape index (κ1) is 20.1. The number of halogens is 1. The third-order valence-corrected chi connectivity index (χ3v) is 4.96. The van der Waals surface area contributed by atoms with Crippen molar-refractivity contribution < 1.29 is 19.1 Å². The molecule has 3 amide bonds. The van der Waals surface area contributed by atoms with Gasteiger partial charge in [-0.1, -0.05) is 48.0 Å². The molecule has 0 fully saturated rings. The van der Waals surface area contributed by atoms with Crippen LogP contribution in [0, 0.1) is 5.92 Å². The summed E-state index contributed by atoms with van der Waals surface area (Å²) in [6.45, 7) is 4.16. The fourth-order valence-corrected chi connectivity index (χ4v) is 3.56. The molecule has 146 valence electrons. The quantitative estimate of drug-likeness (QED) is 0.525. The van der Waals surface area contributed by atoms with Crippen molar-refractivity contribution in [3.63, 3.8) is 0 Å². The van der Waals surface area contributed by atoms with E-state index in [-0.39, 0.29) is 25.0 Å². The lowest BCUT2D eigenvalue weighted by molar-refractivity contribution is -0.126. The van der Waals surface area contributed by atoms with Gasteiger partial charge in [-0.2, -0.15) is 0 Å². The molecule has 0 saturated heterocycles. The largest absolute Gasteiger partial charge is 0.492 e. The molecule has 1 unspecified atom stereocenters. The highest BCUT2D eigenvalue weighted by atomic mass is 79.9.